The molecule has 0 aliphatic heterocycles. The van der Waals surface area contributed by atoms with Gasteiger partial charge in [0.25, 0.3) is 5.91 Å². The standard InChI is InChI=1S/C25H26N6O4/c1-5-15-10-23(30-29-15)28-24(32)11-16-6-7-17(14-27-16)35-21-8-9-26-20-13-22(34-4)19(12-18(20)21)25(33)31(2)3/h6-10,12-14H,5,11H2,1-4H3,(H2,28,29,30,32). The van der Waals surface area contributed by atoms with Crippen LogP contribution in [0.2, 0.25) is 0 Å². The average Bonchev–Trinajstić information content (AvgIpc) is 3.31. The molecule has 4 rings (SSSR count). The highest BCUT2D eigenvalue weighted by Crippen LogP contribution is 2.33. The molecule has 0 radical (unpaired) electrons. The van der Waals surface area contributed by atoms with Crippen molar-refractivity contribution in [1.29, 1.82) is 0 Å². The van der Waals surface area contributed by atoms with Gasteiger partial charge in [-0.3, -0.25) is 24.7 Å². The van der Waals surface area contributed by atoms with E-state index in [1.54, 1.807) is 62.9 Å². The Balaban J connectivity index is 1.51. The first-order valence-electron chi connectivity index (χ1n) is 11.0. The molecule has 0 atom stereocenters. The number of ether oxygens (including phenoxy) is 2. The third kappa shape index (κ3) is 5.37. The molecule has 0 fully saturated rings. The van der Waals surface area contributed by atoms with Gasteiger partial charge in [0.15, 0.2) is 5.82 Å². The molecular weight excluding hydrogens is 448 g/mol. The van der Waals surface area contributed by atoms with Crippen LogP contribution in [0.4, 0.5) is 5.82 Å². The molecule has 0 unspecified atom stereocenters. The summed E-state index contributed by atoms with van der Waals surface area (Å²) in [5.74, 6) is 1.52. The lowest BCUT2D eigenvalue weighted by Gasteiger charge is -2.15. The molecule has 1 aromatic carbocycles. The Labute approximate surface area is 202 Å². The van der Waals surface area contributed by atoms with Crippen molar-refractivity contribution in [2.24, 2.45) is 0 Å². The van der Waals surface area contributed by atoms with Gasteiger partial charge in [0, 0.05) is 49.2 Å². The van der Waals surface area contributed by atoms with Gasteiger partial charge in [0.05, 0.1) is 30.8 Å². The second-order valence-corrected chi connectivity index (χ2v) is 8.02. The van der Waals surface area contributed by atoms with Gasteiger partial charge in [0.2, 0.25) is 5.91 Å². The van der Waals surface area contributed by atoms with Crippen LogP contribution in [0.1, 0.15) is 28.7 Å². The molecule has 0 aliphatic carbocycles. The average molecular weight is 475 g/mol. The first-order chi connectivity index (χ1) is 16.9. The first kappa shape index (κ1) is 23.7. The predicted molar refractivity (Wildman–Crippen MR) is 131 cm³/mol. The number of hydrogen-bond donors (Lipinski definition) is 2. The van der Waals surface area contributed by atoms with Gasteiger partial charge in [-0.15, -0.1) is 0 Å². The smallest absolute Gasteiger partial charge is 0.257 e. The Kier molecular flexibility index (Phi) is 6.91. The topological polar surface area (TPSA) is 122 Å². The minimum absolute atomic E-state index is 0.0998. The van der Waals surface area contributed by atoms with Crippen LogP contribution >= 0.6 is 0 Å². The number of nitrogens with zero attached hydrogens (tertiary/aromatic N) is 4. The van der Waals surface area contributed by atoms with Crippen molar-refractivity contribution in [3.8, 4) is 17.2 Å². The zero-order valence-electron chi connectivity index (χ0n) is 20.0. The predicted octanol–water partition coefficient (Wildman–Crippen LogP) is 3.60. The van der Waals surface area contributed by atoms with Crippen molar-refractivity contribution >= 4 is 28.5 Å². The Morgan fingerprint density at radius 1 is 1.09 bits per heavy atom. The van der Waals surface area contributed by atoms with E-state index in [0.717, 1.165) is 12.1 Å². The van der Waals surface area contributed by atoms with Crippen molar-refractivity contribution in [3.05, 3.63) is 65.7 Å². The maximum Gasteiger partial charge on any atom is 0.257 e. The molecular formula is C25H26N6O4. The fourth-order valence-corrected chi connectivity index (χ4v) is 3.48. The van der Waals surface area contributed by atoms with E-state index in [-0.39, 0.29) is 18.2 Å². The van der Waals surface area contributed by atoms with Crippen LogP contribution in [0.5, 0.6) is 17.2 Å². The summed E-state index contributed by atoms with van der Waals surface area (Å²) < 4.78 is 11.4. The summed E-state index contributed by atoms with van der Waals surface area (Å²) in [6.45, 7) is 2.00. The summed E-state index contributed by atoms with van der Waals surface area (Å²) in [5, 5.41) is 10.3. The van der Waals surface area contributed by atoms with Gasteiger partial charge in [-0.1, -0.05) is 6.92 Å². The number of anilines is 1. The molecule has 0 saturated heterocycles. The van der Waals surface area contributed by atoms with Crippen LogP contribution in [-0.2, 0) is 17.6 Å². The van der Waals surface area contributed by atoms with Crippen LogP contribution in [0.15, 0.2) is 48.8 Å². The number of carbonyl (C=O) groups excluding carboxylic acids is 2. The summed E-state index contributed by atoms with van der Waals surface area (Å²) in [7, 11) is 4.87. The highest BCUT2D eigenvalue weighted by atomic mass is 16.5. The highest BCUT2D eigenvalue weighted by Gasteiger charge is 2.18. The zero-order chi connectivity index (χ0) is 24.9. The molecule has 2 N–H and O–H groups in total. The number of methoxy groups -OCH3 is 1. The molecule has 2 amide bonds. The Hall–Kier alpha value is -4.47. The zero-order valence-corrected chi connectivity index (χ0v) is 20.0. The quantitative estimate of drug-likeness (QED) is 0.400. The number of benzene rings is 1. The third-order valence-electron chi connectivity index (χ3n) is 5.31. The van der Waals surface area contributed by atoms with Gasteiger partial charge < -0.3 is 19.7 Å². The van der Waals surface area contributed by atoms with Gasteiger partial charge in [0.1, 0.15) is 17.2 Å². The van der Waals surface area contributed by atoms with E-state index in [2.05, 4.69) is 25.5 Å². The lowest BCUT2D eigenvalue weighted by atomic mass is 10.1. The summed E-state index contributed by atoms with van der Waals surface area (Å²) in [4.78, 5) is 35.1. The molecule has 0 bridgehead atoms. The molecule has 3 heterocycles. The number of hydrogen-bond acceptors (Lipinski definition) is 7. The molecule has 0 saturated carbocycles. The van der Waals surface area contributed by atoms with Crippen molar-refractivity contribution in [2.75, 3.05) is 26.5 Å². The minimum atomic E-state index is -0.215. The van der Waals surface area contributed by atoms with Crippen LogP contribution in [0, 0.1) is 0 Å². The number of amides is 2. The molecule has 10 nitrogen and oxygen atoms in total. The van der Waals surface area contributed by atoms with Crippen LogP contribution in [0.25, 0.3) is 10.9 Å². The highest BCUT2D eigenvalue weighted by molar-refractivity contribution is 6.02. The summed E-state index contributed by atoms with van der Waals surface area (Å²) in [6.07, 6.45) is 4.08. The fourth-order valence-electron chi connectivity index (χ4n) is 3.48. The molecule has 35 heavy (non-hydrogen) atoms. The Morgan fingerprint density at radius 3 is 2.57 bits per heavy atom. The van der Waals surface area contributed by atoms with Crippen molar-refractivity contribution < 1.29 is 19.1 Å². The molecule has 0 spiro atoms. The first-order valence-corrected chi connectivity index (χ1v) is 11.0. The number of aromatic nitrogens is 4. The van der Waals surface area contributed by atoms with Gasteiger partial charge in [-0.05, 0) is 30.7 Å². The number of aryl methyl sites for hydroxylation is 1. The van der Waals surface area contributed by atoms with E-state index in [0.29, 0.717) is 45.2 Å². The maximum absolute atomic E-state index is 12.6. The SMILES string of the molecule is CCc1cc(NC(=O)Cc2ccc(Oc3ccnc4cc(OC)c(C(=O)N(C)C)cc34)cn2)n[nH]1. The molecule has 0 aliphatic rings. The van der Waals surface area contributed by atoms with E-state index in [4.69, 9.17) is 9.47 Å². The second-order valence-electron chi connectivity index (χ2n) is 8.02. The third-order valence-corrected chi connectivity index (χ3v) is 5.31. The van der Waals surface area contributed by atoms with Crippen LogP contribution in [0.3, 0.4) is 0 Å². The molecule has 180 valence electrons. The normalized spacial score (nSPS) is 10.7. The summed E-state index contributed by atoms with van der Waals surface area (Å²) in [6, 6.07) is 10.4. The van der Waals surface area contributed by atoms with Crippen molar-refractivity contribution in [3.63, 3.8) is 0 Å². The van der Waals surface area contributed by atoms with E-state index in [1.165, 1.54) is 12.0 Å². The number of fused-ring (bicyclic) bond motifs is 1. The van der Waals surface area contributed by atoms with Crippen molar-refractivity contribution in [2.45, 2.75) is 19.8 Å². The molecule has 4 aromatic rings. The van der Waals surface area contributed by atoms with E-state index >= 15 is 0 Å². The largest absolute Gasteiger partial charge is 0.496 e. The number of carbonyl (C=O) groups is 2. The van der Waals surface area contributed by atoms with Gasteiger partial charge >= 0.3 is 0 Å². The monoisotopic (exact) mass is 474 g/mol. The number of nitrogens with one attached hydrogen (secondary N) is 2. The number of rotatable bonds is 8. The summed E-state index contributed by atoms with van der Waals surface area (Å²) in [5.41, 5.74) is 2.57. The Bertz CT molecular complexity index is 1360. The summed E-state index contributed by atoms with van der Waals surface area (Å²) >= 11 is 0. The molecule has 3 aromatic heterocycles. The Morgan fingerprint density at radius 2 is 1.91 bits per heavy atom. The maximum atomic E-state index is 12.6. The molecule has 10 heteroatoms. The fraction of sp³-hybridized carbons (Fsp3) is 0.240. The van der Waals surface area contributed by atoms with Crippen LogP contribution < -0.4 is 14.8 Å². The number of H-pyrrole nitrogens is 1. The van der Waals surface area contributed by atoms with E-state index in [1.807, 2.05) is 6.92 Å². The van der Waals surface area contributed by atoms with Crippen LogP contribution in [-0.4, -0.2) is 58.1 Å². The van der Waals surface area contributed by atoms with E-state index < -0.39 is 0 Å². The lowest BCUT2D eigenvalue weighted by molar-refractivity contribution is -0.115. The van der Waals surface area contributed by atoms with Gasteiger partial charge in [-0.25, -0.2) is 0 Å². The lowest BCUT2D eigenvalue weighted by Crippen LogP contribution is -2.22. The van der Waals surface area contributed by atoms with Crippen molar-refractivity contribution in [1.82, 2.24) is 25.1 Å². The van der Waals surface area contributed by atoms with E-state index in [9.17, 15) is 9.59 Å². The number of pyridine rings is 2. The minimum Gasteiger partial charge on any atom is -0.496 e. The van der Waals surface area contributed by atoms with Gasteiger partial charge in [-0.2, -0.15) is 5.10 Å². The number of aromatic amines is 1. The second kappa shape index (κ2) is 10.2.